The van der Waals surface area contributed by atoms with Crippen molar-refractivity contribution < 1.29 is 24.9 Å². The first-order chi connectivity index (χ1) is 13.9. The lowest BCUT2D eigenvalue weighted by Gasteiger charge is -2.18. The number of nitrogens with one attached hydrogen (secondary N) is 1. The number of carbonyl (C=O) groups is 1. The molecule has 29 heavy (non-hydrogen) atoms. The number of amides is 1. The van der Waals surface area contributed by atoms with Gasteiger partial charge in [0.1, 0.15) is 42.2 Å². The SMILES string of the molecule is C=C(C)C(=O)Nc1ncnc2c1ccn2[C@@H]1O[C@H]([C@H](O)C#CC2CC2)[C@@H](O)[C@H]1O. The van der Waals surface area contributed by atoms with Gasteiger partial charge in [0.25, 0.3) is 5.91 Å². The predicted molar refractivity (Wildman–Crippen MR) is 103 cm³/mol. The van der Waals surface area contributed by atoms with Crippen molar-refractivity contribution >= 4 is 22.8 Å². The molecule has 4 rings (SSSR count). The van der Waals surface area contributed by atoms with Gasteiger partial charge in [-0.25, -0.2) is 9.97 Å². The lowest BCUT2D eigenvalue weighted by Crippen LogP contribution is -2.38. The molecule has 1 amide bonds. The molecule has 9 heteroatoms. The molecule has 2 aliphatic rings. The van der Waals surface area contributed by atoms with Crippen LogP contribution in [0.5, 0.6) is 0 Å². The summed E-state index contributed by atoms with van der Waals surface area (Å²) in [6.07, 6.45) is -0.947. The molecule has 1 saturated carbocycles. The van der Waals surface area contributed by atoms with E-state index >= 15 is 0 Å². The van der Waals surface area contributed by atoms with E-state index in [1.807, 2.05) is 0 Å². The van der Waals surface area contributed by atoms with Crippen LogP contribution in [0, 0.1) is 17.8 Å². The van der Waals surface area contributed by atoms with Crippen LogP contribution < -0.4 is 5.32 Å². The van der Waals surface area contributed by atoms with Crippen molar-refractivity contribution in [2.45, 2.75) is 50.4 Å². The average Bonchev–Trinajstić information content (AvgIpc) is 3.36. The molecule has 0 radical (unpaired) electrons. The molecule has 0 spiro atoms. The fraction of sp³-hybridized carbons (Fsp3) is 0.450. The molecule has 5 atom stereocenters. The normalized spacial score (nSPS) is 27.3. The largest absolute Gasteiger partial charge is 0.387 e. The van der Waals surface area contributed by atoms with E-state index in [0.717, 1.165) is 12.8 Å². The quantitative estimate of drug-likeness (QED) is 0.432. The van der Waals surface area contributed by atoms with Gasteiger partial charge in [0.15, 0.2) is 6.23 Å². The fourth-order valence-corrected chi connectivity index (χ4v) is 3.18. The maximum atomic E-state index is 11.9. The second-order valence-corrected chi connectivity index (χ2v) is 7.40. The molecule has 4 N–H and O–H groups in total. The topological polar surface area (TPSA) is 130 Å². The highest BCUT2D eigenvalue weighted by molar-refractivity contribution is 6.06. The van der Waals surface area contributed by atoms with Gasteiger partial charge in [0.2, 0.25) is 0 Å². The van der Waals surface area contributed by atoms with Crippen molar-refractivity contribution in [1.29, 1.82) is 0 Å². The Bertz CT molecular complexity index is 1020. The van der Waals surface area contributed by atoms with Crippen molar-refractivity contribution in [1.82, 2.24) is 14.5 Å². The van der Waals surface area contributed by atoms with Gasteiger partial charge in [-0.15, -0.1) is 0 Å². The van der Waals surface area contributed by atoms with Crippen molar-refractivity contribution in [3.8, 4) is 11.8 Å². The number of aliphatic hydroxyl groups excluding tert-OH is 3. The van der Waals surface area contributed by atoms with Crippen LogP contribution in [0.3, 0.4) is 0 Å². The van der Waals surface area contributed by atoms with Crippen molar-refractivity contribution in [3.05, 3.63) is 30.7 Å². The van der Waals surface area contributed by atoms with Crippen LogP contribution in [0.4, 0.5) is 5.82 Å². The number of hydrogen-bond donors (Lipinski definition) is 4. The molecule has 0 bridgehead atoms. The highest BCUT2D eigenvalue weighted by atomic mass is 16.6. The highest BCUT2D eigenvalue weighted by Crippen LogP contribution is 2.34. The van der Waals surface area contributed by atoms with Gasteiger partial charge < -0.3 is 29.9 Å². The lowest BCUT2D eigenvalue weighted by atomic mass is 10.1. The zero-order valence-corrected chi connectivity index (χ0v) is 15.8. The Balaban J connectivity index is 1.60. The van der Waals surface area contributed by atoms with Gasteiger partial charge >= 0.3 is 0 Å². The molecule has 1 saturated heterocycles. The number of hydrogen-bond acceptors (Lipinski definition) is 7. The van der Waals surface area contributed by atoms with Gasteiger partial charge in [-0.2, -0.15) is 0 Å². The number of fused-ring (bicyclic) bond motifs is 1. The summed E-state index contributed by atoms with van der Waals surface area (Å²) in [5.74, 6) is 5.85. The van der Waals surface area contributed by atoms with E-state index < -0.39 is 30.6 Å². The van der Waals surface area contributed by atoms with E-state index in [1.54, 1.807) is 19.2 Å². The Hall–Kier alpha value is -2.77. The van der Waals surface area contributed by atoms with Gasteiger partial charge in [0.05, 0.1) is 5.39 Å². The predicted octanol–water partition coefficient (Wildman–Crippen LogP) is 0.339. The third kappa shape index (κ3) is 3.75. The van der Waals surface area contributed by atoms with Gasteiger partial charge in [-0.3, -0.25) is 4.79 Å². The van der Waals surface area contributed by atoms with E-state index in [1.165, 1.54) is 10.9 Å². The number of nitrogens with zero attached hydrogens (tertiary/aromatic N) is 3. The van der Waals surface area contributed by atoms with Crippen LogP contribution in [-0.2, 0) is 9.53 Å². The van der Waals surface area contributed by atoms with Gasteiger partial charge in [-0.05, 0) is 25.8 Å². The third-order valence-electron chi connectivity index (χ3n) is 5.00. The first-order valence-electron chi connectivity index (χ1n) is 9.36. The number of anilines is 1. The average molecular weight is 398 g/mol. The minimum absolute atomic E-state index is 0.293. The van der Waals surface area contributed by atoms with E-state index in [-0.39, 0.29) is 5.91 Å². The molecule has 2 aromatic heterocycles. The molecule has 1 aliphatic carbocycles. The number of ether oxygens (including phenoxy) is 1. The Kier molecular flexibility index (Phi) is 5.10. The lowest BCUT2D eigenvalue weighted by molar-refractivity contribution is -0.112. The second-order valence-electron chi connectivity index (χ2n) is 7.40. The van der Waals surface area contributed by atoms with E-state index in [4.69, 9.17) is 4.74 Å². The molecule has 3 heterocycles. The maximum absolute atomic E-state index is 11.9. The zero-order chi connectivity index (χ0) is 20.7. The third-order valence-corrected chi connectivity index (χ3v) is 5.00. The van der Waals surface area contributed by atoms with Crippen molar-refractivity contribution in [3.63, 3.8) is 0 Å². The van der Waals surface area contributed by atoms with E-state index in [2.05, 4.69) is 33.7 Å². The minimum atomic E-state index is -1.31. The van der Waals surface area contributed by atoms with Gasteiger partial charge in [0, 0.05) is 17.7 Å². The van der Waals surface area contributed by atoms with Crippen LogP contribution in [-0.4, -0.2) is 60.2 Å². The molecule has 2 fully saturated rings. The Labute approximate surface area is 167 Å². The van der Waals surface area contributed by atoms with E-state index in [0.29, 0.717) is 28.3 Å². The Morgan fingerprint density at radius 1 is 1.38 bits per heavy atom. The zero-order valence-electron chi connectivity index (χ0n) is 15.8. The summed E-state index contributed by atoms with van der Waals surface area (Å²) in [5.41, 5.74) is 0.727. The molecule has 152 valence electrons. The van der Waals surface area contributed by atoms with Crippen LogP contribution in [0.25, 0.3) is 11.0 Å². The van der Waals surface area contributed by atoms with Gasteiger partial charge in [-0.1, -0.05) is 18.4 Å². The maximum Gasteiger partial charge on any atom is 0.251 e. The summed E-state index contributed by atoms with van der Waals surface area (Å²) in [6, 6.07) is 1.67. The van der Waals surface area contributed by atoms with Crippen LogP contribution in [0.1, 0.15) is 26.0 Å². The molecule has 2 aromatic rings. The minimum Gasteiger partial charge on any atom is -0.387 e. The number of rotatable bonds is 4. The molecule has 0 unspecified atom stereocenters. The Morgan fingerprint density at radius 2 is 2.14 bits per heavy atom. The first-order valence-corrected chi connectivity index (χ1v) is 9.36. The smallest absolute Gasteiger partial charge is 0.251 e. The number of carbonyl (C=O) groups excluding carboxylic acids is 1. The second kappa shape index (κ2) is 7.57. The van der Waals surface area contributed by atoms with Crippen LogP contribution >= 0.6 is 0 Å². The summed E-state index contributed by atoms with van der Waals surface area (Å²) < 4.78 is 7.29. The van der Waals surface area contributed by atoms with Crippen molar-refractivity contribution in [2.24, 2.45) is 5.92 Å². The van der Waals surface area contributed by atoms with Crippen LogP contribution in [0.15, 0.2) is 30.7 Å². The fourth-order valence-electron chi connectivity index (χ4n) is 3.18. The van der Waals surface area contributed by atoms with E-state index in [9.17, 15) is 20.1 Å². The van der Waals surface area contributed by atoms with Crippen molar-refractivity contribution in [2.75, 3.05) is 5.32 Å². The molecular formula is C20H22N4O5. The highest BCUT2D eigenvalue weighted by Gasteiger charge is 2.47. The standard InChI is InChI=1S/C20H22N4O5/c1-10(2)19(28)23-17-12-7-8-24(18(12)22-9-21-17)20-15(27)14(26)16(29-20)13(25)6-5-11-3-4-11/h7-9,11,13-16,20,25-27H,1,3-4H2,2H3,(H,21,22,23,28)/t13-,14+,15-,16-,20-/m1/s1. The first kappa shape index (κ1) is 19.5. The monoisotopic (exact) mass is 398 g/mol. The molecule has 0 aromatic carbocycles. The summed E-state index contributed by atoms with van der Waals surface area (Å²) in [6.45, 7) is 5.18. The Morgan fingerprint density at radius 3 is 2.83 bits per heavy atom. The number of aromatic nitrogens is 3. The number of aliphatic hydroxyl groups is 3. The molecular weight excluding hydrogens is 376 g/mol. The molecule has 9 nitrogen and oxygen atoms in total. The molecule has 1 aliphatic heterocycles. The van der Waals surface area contributed by atoms with Crippen LogP contribution in [0.2, 0.25) is 0 Å². The summed E-state index contributed by atoms with van der Waals surface area (Å²) in [5, 5.41) is 34.3. The summed E-state index contributed by atoms with van der Waals surface area (Å²) in [7, 11) is 0. The summed E-state index contributed by atoms with van der Waals surface area (Å²) in [4.78, 5) is 20.2. The summed E-state index contributed by atoms with van der Waals surface area (Å²) >= 11 is 0.